The quantitative estimate of drug-likeness (QED) is 0.117. The average Bonchev–Trinajstić information content (AvgIpc) is 3.49. The number of fused-ring (bicyclic) bond motifs is 1. The molecule has 1 aromatic heterocycles. The Balaban J connectivity index is 1.17. The molecule has 9 heteroatoms. The van der Waals surface area contributed by atoms with E-state index in [2.05, 4.69) is 15.6 Å². The Bertz CT molecular complexity index is 1800. The molecule has 8 nitrogen and oxygen atoms in total. The lowest BCUT2D eigenvalue weighted by molar-refractivity contribution is -0.146. The van der Waals surface area contributed by atoms with Gasteiger partial charge in [0.05, 0.1) is 11.8 Å². The molecule has 3 unspecified atom stereocenters. The number of thioether (sulfide) groups is 1. The summed E-state index contributed by atoms with van der Waals surface area (Å²) in [6.45, 7) is 0. The normalized spacial score (nSPS) is 16.7. The van der Waals surface area contributed by atoms with Crippen molar-refractivity contribution in [2.45, 2.75) is 23.0 Å². The first-order valence-corrected chi connectivity index (χ1v) is 15.1. The van der Waals surface area contributed by atoms with E-state index in [1.165, 1.54) is 11.8 Å². The number of carbonyl (C=O) groups excluding carboxylic acids is 2. The number of aliphatic carboxylic acids is 1. The molecule has 1 aliphatic carbocycles. The molecule has 1 heterocycles. The molecule has 0 saturated carbocycles. The number of nitrogens with one attached hydrogen (secondary N) is 2. The molecule has 3 atom stereocenters. The lowest BCUT2D eigenvalue weighted by atomic mass is 9.82. The van der Waals surface area contributed by atoms with E-state index in [-0.39, 0.29) is 11.8 Å². The summed E-state index contributed by atoms with van der Waals surface area (Å²) in [6, 6.07) is 31.6. The van der Waals surface area contributed by atoms with Crippen molar-refractivity contribution in [1.29, 1.82) is 0 Å². The van der Waals surface area contributed by atoms with Gasteiger partial charge in [0.15, 0.2) is 5.58 Å². The number of para-hydroxylation sites is 2. The summed E-state index contributed by atoms with van der Waals surface area (Å²) in [5.41, 5.74) is 4.29. The van der Waals surface area contributed by atoms with E-state index in [0.717, 1.165) is 21.5 Å². The third-order valence-corrected chi connectivity index (χ3v) is 8.72. The molecular formula is C35H29N3O5S. The second kappa shape index (κ2) is 13.0. The summed E-state index contributed by atoms with van der Waals surface area (Å²) in [4.78, 5) is 43.7. The highest BCUT2D eigenvalue weighted by Gasteiger charge is 2.34. The number of aromatic nitrogens is 1. The lowest BCUT2D eigenvalue weighted by Crippen LogP contribution is -2.34. The van der Waals surface area contributed by atoms with E-state index in [4.69, 9.17) is 4.42 Å². The van der Waals surface area contributed by atoms with Crippen molar-refractivity contribution in [3.8, 4) is 11.5 Å². The van der Waals surface area contributed by atoms with Crippen molar-refractivity contribution in [2.24, 2.45) is 11.8 Å². The van der Waals surface area contributed by atoms with Crippen LogP contribution in [0.3, 0.4) is 0 Å². The van der Waals surface area contributed by atoms with Crippen LogP contribution in [-0.2, 0) is 14.4 Å². The predicted octanol–water partition coefficient (Wildman–Crippen LogP) is 7.57. The molecule has 0 bridgehead atoms. The molecule has 0 fully saturated rings. The fourth-order valence-electron chi connectivity index (χ4n) is 5.20. The maximum atomic E-state index is 13.7. The third-order valence-electron chi connectivity index (χ3n) is 7.48. The average molecular weight is 604 g/mol. The fourth-order valence-corrected chi connectivity index (χ4v) is 6.28. The number of amides is 2. The summed E-state index contributed by atoms with van der Waals surface area (Å²) in [7, 11) is 0. The van der Waals surface area contributed by atoms with Crippen LogP contribution in [0.25, 0.3) is 22.6 Å². The van der Waals surface area contributed by atoms with Crippen LogP contribution in [0.1, 0.15) is 23.7 Å². The molecule has 1 aliphatic rings. The van der Waals surface area contributed by atoms with Gasteiger partial charge in [-0.05, 0) is 73.0 Å². The van der Waals surface area contributed by atoms with E-state index in [1.54, 1.807) is 24.3 Å². The van der Waals surface area contributed by atoms with E-state index in [9.17, 15) is 19.5 Å². The Kier molecular flexibility index (Phi) is 8.56. The monoisotopic (exact) mass is 603 g/mol. The maximum Gasteiger partial charge on any atom is 0.307 e. The fraction of sp³-hybridized carbons (Fsp3) is 0.143. The van der Waals surface area contributed by atoms with E-state index in [1.807, 2.05) is 91.0 Å². The first-order chi connectivity index (χ1) is 21.4. The molecular weight excluding hydrogens is 574 g/mol. The van der Waals surface area contributed by atoms with Gasteiger partial charge in [-0.1, -0.05) is 60.7 Å². The summed E-state index contributed by atoms with van der Waals surface area (Å²) >= 11 is 1.36. The number of oxazole rings is 1. The Hall–Kier alpha value is -5.15. The Morgan fingerprint density at radius 3 is 2.27 bits per heavy atom. The first kappa shape index (κ1) is 28.9. The topological polar surface area (TPSA) is 122 Å². The van der Waals surface area contributed by atoms with Crippen molar-refractivity contribution in [3.05, 3.63) is 121 Å². The number of hydrogen-bond donors (Lipinski definition) is 3. The van der Waals surface area contributed by atoms with Crippen LogP contribution in [-0.4, -0.2) is 27.9 Å². The molecule has 5 aromatic rings. The number of rotatable bonds is 9. The van der Waals surface area contributed by atoms with Crippen molar-refractivity contribution >= 4 is 52.0 Å². The largest absolute Gasteiger partial charge is 0.481 e. The van der Waals surface area contributed by atoms with Gasteiger partial charge in [0.2, 0.25) is 17.7 Å². The molecule has 44 heavy (non-hydrogen) atoms. The van der Waals surface area contributed by atoms with E-state index < -0.39 is 23.1 Å². The van der Waals surface area contributed by atoms with E-state index >= 15 is 0 Å². The molecule has 0 aliphatic heterocycles. The van der Waals surface area contributed by atoms with Gasteiger partial charge in [-0.2, -0.15) is 0 Å². The summed E-state index contributed by atoms with van der Waals surface area (Å²) in [5, 5.41) is 14.9. The minimum atomic E-state index is -0.976. The minimum Gasteiger partial charge on any atom is -0.481 e. The number of carboxylic acid groups (broad SMARTS) is 1. The highest BCUT2D eigenvalue weighted by molar-refractivity contribution is 8.00. The Labute approximate surface area is 258 Å². The molecule has 4 aromatic carbocycles. The highest BCUT2D eigenvalue weighted by Crippen LogP contribution is 2.38. The molecule has 3 N–H and O–H groups in total. The zero-order valence-corrected chi connectivity index (χ0v) is 24.4. The van der Waals surface area contributed by atoms with Gasteiger partial charge in [-0.25, -0.2) is 4.98 Å². The van der Waals surface area contributed by atoms with E-state index in [0.29, 0.717) is 35.7 Å². The van der Waals surface area contributed by atoms with Crippen LogP contribution in [0.5, 0.6) is 0 Å². The molecule has 0 radical (unpaired) electrons. The molecule has 0 saturated heterocycles. The van der Waals surface area contributed by atoms with Gasteiger partial charge < -0.3 is 20.2 Å². The molecule has 220 valence electrons. The summed E-state index contributed by atoms with van der Waals surface area (Å²) < 4.78 is 5.86. The second-order valence-corrected chi connectivity index (χ2v) is 11.7. The maximum absolute atomic E-state index is 13.7. The smallest absolute Gasteiger partial charge is 0.307 e. The predicted molar refractivity (Wildman–Crippen MR) is 171 cm³/mol. The highest BCUT2D eigenvalue weighted by atomic mass is 32.2. The van der Waals surface area contributed by atoms with Gasteiger partial charge in [0.1, 0.15) is 10.8 Å². The zero-order valence-electron chi connectivity index (χ0n) is 23.6. The summed E-state index contributed by atoms with van der Waals surface area (Å²) in [5.74, 6) is -2.41. The van der Waals surface area contributed by atoms with Gasteiger partial charge in [0.25, 0.3) is 0 Å². The first-order valence-electron chi connectivity index (χ1n) is 14.2. The van der Waals surface area contributed by atoms with Crippen LogP contribution in [0.15, 0.2) is 125 Å². The van der Waals surface area contributed by atoms with Crippen molar-refractivity contribution in [3.63, 3.8) is 0 Å². The van der Waals surface area contributed by atoms with Crippen LogP contribution in [0, 0.1) is 11.8 Å². The standard InChI is InChI=1S/C35H29N3O5S/c39-32(27-13-4-5-14-28(27)35(41)42)37-25-11-8-12-26(21-25)44-31(22-9-2-1-3-10-22)33(40)36-24-19-17-23(18-20-24)34-38-29-15-6-7-16-30(29)43-34/h1-12,15-21,27-28,31H,13-14H2,(H,36,40)(H,37,39)(H,41,42). The number of allylic oxidation sites excluding steroid dienone is 2. The lowest BCUT2D eigenvalue weighted by Gasteiger charge is -2.24. The van der Waals surface area contributed by atoms with Crippen molar-refractivity contribution in [2.75, 3.05) is 10.6 Å². The van der Waals surface area contributed by atoms with Gasteiger partial charge >= 0.3 is 5.97 Å². The van der Waals surface area contributed by atoms with Crippen LogP contribution in [0.4, 0.5) is 11.4 Å². The third kappa shape index (κ3) is 6.58. The van der Waals surface area contributed by atoms with Crippen LogP contribution in [0.2, 0.25) is 0 Å². The Morgan fingerprint density at radius 2 is 1.52 bits per heavy atom. The number of carboxylic acids is 1. The number of anilines is 2. The molecule has 0 spiro atoms. The minimum absolute atomic E-state index is 0.205. The zero-order chi connectivity index (χ0) is 30.5. The van der Waals surface area contributed by atoms with Crippen LogP contribution < -0.4 is 10.6 Å². The number of carbonyl (C=O) groups is 3. The SMILES string of the molecule is O=C(Nc1ccc(-c2nc3ccccc3o2)cc1)C(Sc1cccc(NC(=O)C2CC=CCC2C(=O)O)c1)c1ccccc1. The second-order valence-electron chi connectivity index (χ2n) is 10.5. The van der Waals surface area contributed by atoms with Gasteiger partial charge in [-0.3, -0.25) is 14.4 Å². The number of hydrogen-bond acceptors (Lipinski definition) is 6. The van der Waals surface area contributed by atoms with Gasteiger partial charge in [-0.15, -0.1) is 11.8 Å². The van der Waals surface area contributed by atoms with Crippen molar-refractivity contribution in [1.82, 2.24) is 4.98 Å². The van der Waals surface area contributed by atoms with Crippen LogP contribution >= 0.6 is 11.8 Å². The van der Waals surface area contributed by atoms with Gasteiger partial charge in [0, 0.05) is 21.8 Å². The Morgan fingerprint density at radius 1 is 0.795 bits per heavy atom. The molecule has 2 amide bonds. The summed E-state index contributed by atoms with van der Waals surface area (Å²) in [6.07, 6.45) is 4.36. The molecule has 6 rings (SSSR count). The van der Waals surface area contributed by atoms with Crippen molar-refractivity contribution < 1.29 is 23.9 Å². The number of nitrogens with zero attached hydrogens (tertiary/aromatic N) is 1. The number of benzene rings is 4.